The summed E-state index contributed by atoms with van der Waals surface area (Å²) in [6.45, 7) is 0.413. The number of nitrogens with zero attached hydrogens (tertiary/aromatic N) is 2. The zero-order valence-corrected chi connectivity index (χ0v) is 12.4. The molecule has 6 heteroatoms. The quantitative estimate of drug-likeness (QED) is 0.720. The zero-order chi connectivity index (χ0) is 15.4. The van der Waals surface area contributed by atoms with Gasteiger partial charge in [-0.05, 0) is 12.5 Å². The predicted octanol–water partition coefficient (Wildman–Crippen LogP) is 0.759. The van der Waals surface area contributed by atoms with Crippen LogP contribution in [0.25, 0.3) is 0 Å². The maximum absolute atomic E-state index is 12.6. The molecule has 0 saturated carbocycles. The van der Waals surface area contributed by atoms with Crippen LogP contribution in [0, 0.1) is 0 Å². The van der Waals surface area contributed by atoms with E-state index in [1.165, 1.54) is 11.6 Å². The van der Waals surface area contributed by atoms with Crippen molar-refractivity contribution < 1.29 is 9.47 Å². The molecule has 0 spiro atoms. The molecule has 22 heavy (non-hydrogen) atoms. The average molecular weight is 300 g/mol. The number of hydrogen-bond acceptors (Lipinski definition) is 4. The molecule has 2 unspecified atom stereocenters. The molecular formula is C16H16N2O4. The van der Waals surface area contributed by atoms with Crippen LogP contribution in [0.2, 0.25) is 0 Å². The molecule has 4 rings (SSSR count). The summed E-state index contributed by atoms with van der Waals surface area (Å²) in [6, 6.07) is 7.73. The van der Waals surface area contributed by atoms with Crippen LogP contribution in [0.5, 0.6) is 11.6 Å². The van der Waals surface area contributed by atoms with E-state index in [4.69, 9.17) is 9.47 Å². The third kappa shape index (κ3) is 1.66. The van der Waals surface area contributed by atoms with Crippen LogP contribution in [-0.2, 0) is 14.1 Å². The van der Waals surface area contributed by atoms with Gasteiger partial charge in [0.2, 0.25) is 5.88 Å². The van der Waals surface area contributed by atoms with Gasteiger partial charge in [-0.2, -0.15) is 0 Å². The summed E-state index contributed by atoms with van der Waals surface area (Å²) in [7, 11) is 3.13. The van der Waals surface area contributed by atoms with Crippen molar-refractivity contribution in [2.24, 2.45) is 14.1 Å². The molecular weight excluding hydrogens is 284 g/mol. The van der Waals surface area contributed by atoms with Crippen molar-refractivity contribution in [1.82, 2.24) is 9.13 Å². The molecule has 0 saturated heterocycles. The van der Waals surface area contributed by atoms with Crippen LogP contribution in [0.15, 0.2) is 33.9 Å². The summed E-state index contributed by atoms with van der Waals surface area (Å²) in [5.41, 5.74) is 0.846. The zero-order valence-electron chi connectivity index (χ0n) is 12.4. The first-order valence-electron chi connectivity index (χ1n) is 7.26. The fourth-order valence-electron chi connectivity index (χ4n) is 3.35. The minimum absolute atomic E-state index is 0.113. The van der Waals surface area contributed by atoms with Crippen molar-refractivity contribution in [2.45, 2.75) is 18.4 Å². The van der Waals surface area contributed by atoms with Gasteiger partial charge in [-0.1, -0.05) is 18.2 Å². The van der Waals surface area contributed by atoms with E-state index in [1.807, 2.05) is 24.3 Å². The molecule has 6 nitrogen and oxygen atoms in total. The smallest absolute Gasteiger partial charge is 0.333 e. The second kappa shape index (κ2) is 4.50. The summed E-state index contributed by atoms with van der Waals surface area (Å²) in [5, 5.41) is 0. The van der Waals surface area contributed by atoms with Gasteiger partial charge in [0.05, 0.1) is 5.56 Å². The first kappa shape index (κ1) is 13.2. The second-order valence-electron chi connectivity index (χ2n) is 5.80. The van der Waals surface area contributed by atoms with Crippen LogP contribution in [0.3, 0.4) is 0 Å². The molecule has 2 aliphatic heterocycles. The Morgan fingerprint density at radius 1 is 1.14 bits per heavy atom. The highest BCUT2D eigenvalue weighted by atomic mass is 16.5. The minimum Gasteiger partial charge on any atom is -0.489 e. The maximum atomic E-state index is 12.6. The van der Waals surface area contributed by atoms with Crippen LogP contribution >= 0.6 is 0 Å². The van der Waals surface area contributed by atoms with E-state index in [9.17, 15) is 9.59 Å². The molecule has 2 aliphatic rings. The average Bonchev–Trinajstić information content (AvgIpc) is 2.68. The van der Waals surface area contributed by atoms with Crippen molar-refractivity contribution in [3.05, 3.63) is 56.2 Å². The number of hydrogen-bond donors (Lipinski definition) is 0. The van der Waals surface area contributed by atoms with Crippen LogP contribution < -0.4 is 20.7 Å². The minimum atomic E-state index is -0.378. The molecule has 0 N–H and O–H groups in total. The van der Waals surface area contributed by atoms with Gasteiger partial charge in [0.1, 0.15) is 18.5 Å². The van der Waals surface area contributed by atoms with E-state index >= 15 is 0 Å². The molecule has 2 atom stereocenters. The van der Waals surface area contributed by atoms with Gasteiger partial charge in [0.25, 0.3) is 5.56 Å². The number of ether oxygens (including phenoxy) is 2. The Bertz CT molecular complexity index is 881. The largest absolute Gasteiger partial charge is 0.489 e. The van der Waals surface area contributed by atoms with Crippen molar-refractivity contribution in [1.29, 1.82) is 0 Å². The predicted molar refractivity (Wildman–Crippen MR) is 79.7 cm³/mol. The van der Waals surface area contributed by atoms with Gasteiger partial charge < -0.3 is 9.47 Å². The summed E-state index contributed by atoms with van der Waals surface area (Å²) >= 11 is 0. The summed E-state index contributed by atoms with van der Waals surface area (Å²) in [4.78, 5) is 24.8. The normalized spacial score (nSPS) is 21.9. The van der Waals surface area contributed by atoms with E-state index in [0.29, 0.717) is 24.5 Å². The highest BCUT2D eigenvalue weighted by Crippen LogP contribution is 2.43. The van der Waals surface area contributed by atoms with Crippen LogP contribution in [0.4, 0.5) is 0 Å². The number of benzene rings is 1. The summed E-state index contributed by atoms with van der Waals surface area (Å²) < 4.78 is 14.2. The van der Waals surface area contributed by atoms with Crippen molar-refractivity contribution in [3.63, 3.8) is 0 Å². The van der Waals surface area contributed by atoms with Crippen LogP contribution in [0.1, 0.15) is 23.5 Å². The molecule has 0 aliphatic carbocycles. The highest BCUT2D eigenvalue weighted by Gasteiger charge is 2.38. The lowest BCUT2D eigenvalue weighted by Crippen LogP contribution is -2.44. The Hall–Kier alpha value is -2.50. The van der Waals surface area contributed by atoms with Gasteiger partial charge in [0, 0.05) is 25.6 Å². The number of rotatable bonds is 0. The molecule has 2 aromatic rings. The fourth-order valence-corrected chi connectivity index (χ4v) is 3.35. The molecule has 1 aromatic carbocycles. The molecule has 1 aromatic heterocycles. The molecule has 0 amide bonds. The molecule has 0 fully saturated rings. The Kier molecular flexibility index (Phi) is 2.69. The first-order chi connectivity index (χ1) is 10.6. The van der Waals surface area contributed by atoms with Gasteiger partial charge >= 0.3 is 5.69 Å². The summed E-state index contributed by atoms with van der Waals surface area (Å²) in [5.74, 6) is 1.04. The van der Waals surface area contributed by atoms with E-state index < -0.39 is 0 Å². The first-order valence-corrected chi connectivity index (χ1v) is 7.26. The van der Waals surface area contributed by atoms with Crippen molar-refractivity contribution >= 4 is 0 Å². The number of para-hydroxylation sites is 1. The standard InChI is InChI=1S/C16H16N2O4/c1-17-14(19)13-11-7-9(22-15(13)18(2)16(17)20)8-21-12-6-4-3-5-10(11)12/h3-6,9,11H,7-8H2,1-2H3. The van der Waals surface area contributed by atoms with Crippen molar-refractivity contribution in [3.8, 4) is 11.6 Å². The van der Waals surface area contributed by atoms with Crippen molar-refractivity contribution in [2.75, 3.05) is 6.61 Å². The number of aromatic nitrogens is 2. The lowest BCUT2D eigenvalue weighted by Gasteiger charge is -2.30. The lowest BCUT2D eigenvalue weighted by atomic mass is 9.86. The van der Waals surface area contributed by atoms with Gasteiger partial charge in [-0.15, -0.1) is 0 Å². The topological polar surface area (TPSA) is 62.5 Å². The number of fused-ring (bicyclic) bond motifs is 6. The second-order valence-corrected chi connectivity index (χ2v) is 5.80. The third-order valence-corrected chi connectivity index (χ3v) is 4.49. The fraction of sp³-hybridized carbons (Fsp3) is 0.375. The molecule has 114 valence electrons. The molecule has 2 bridgehead atoms. The van der Waals surface area contributed by atoms with E-state index in [1.54, 1.807) is 7.05 Å². The van der Waals surface area contributed by atoms with Gasteiger partial charge in [-0.3, -0.25) is 13.9 Å². The third-order valence-electron chi connectivity index (χ3n) is 4.49. The van der Waals surface area contributed by atoms with E-state index in [2.05, 4.69) is 0 Å². The lowest BCUT2D eigenvalue weighted by molar-refractivity contribution is 0.102. The maximum Gasteiger partial charge on any atom is 0.333 e. The Morgan fingerprint density at radius 2 is 1.91 bits per heavy atom. The molecule has 3 heterocycles. The monoisotopic (exact) mass is 300 g/mol. The summed E-state index contributed by atoms with van der Waals surface area (Å²) in [6.07, 6.45) is 0.514. The Morgan fingerprint density at radius 3 is 2.73 bits per heavy atom. The van der Waals surface area contributed by atoms with Gasteiger partial charge in [0.15, 0.2) is 0 Å². The highest BCUT2D eigenvalue weighted by molar-refractivity contribution is 5.46. The van der Waals surface area contributed by atoms with E-state index in [-0.39, 0.29) is 23.3 Å². The van der Waals surface area contributed by atoms with Crippen LogP contribution in [-0.4, -0.2) is 21.8 Å². The SMILES string of the molecule is Cn1c2c(c(=O)n(C)c1=O)C1CC(COc3ccccc31)O2. The Labute approximate surface area is 126 Å². The Balaban J connectivity index is 2.06. The van der Waals surface area contributed by atoms with E-state index in [0.717, 1.165) is 15.9 Å². The molecule has 0 radical (unpaired) electrons. The van der Waals surface area contributed by atoms with Gasteiger partial charge in [-0.25, -0.2) is 4.79 Å².